The Bertz CT molecular complexity index is 290. The number of hydrogen-bond donors (Lipinski definition) is 1. The van der Waals surface area contributed by atoms with Crippen LogP contribution in [0.4, 0.5) is 0 Å². The lowest BCUT2D eigenvalue weighted by Gasteiger charge is -2.00. The van der Waals surface area contributed by atoms with Gasteiger partial charge in [-0.05, 0) is 13.0 Å². The van der Waals surface area contributed by atoms with E-state index in [0.717, 1.165) is 5.56 Å². The second kappa shape index (κ2) is 4.45. The highest BCUT2D eigenvalue weighted by Crippen LogP contribution is 1.98. The Labute approximate surface area is 75.9 Å². The molecule has 1 heterocycles. The SMILES string of the molecule is CC(=O)CC(=O)NCc1ccoc1. The zero-order chi connectivity index (χ0) is 9.68. The van der Waals surface area contributed by atoms with E-state index in [0.29, 0.717) is 6.54 Å². The zero-order valence-corrected chi connectivity index (χ0v) is 7.37. The number of nitrogens with one attached hydrogen (secondary N) is 1. The van der Waals surface area contributed by atoms with Crippen molar-refractivity contribution >= 4 is 11.7 Å². The van der Waals surface area contributed by atoms with Crippen LogP contribution in [-0.2, 0) is 16.1 Å². The Balaban J connectivity index is 2.27. The summed E-state index contributed by atoms with van der Waals surface area (Å²) < 4.78 is 4.81. The van der Waals surface area contributed by atoms with Gasteiger partial charge in [-0.25, -0.2) is 0 Å². The summed E-state index contributed by atoms with van der Waals surface area (Å²) in [6.45, 7) is 1.79. The molecule has 70 valence electrons. The normalized spacial score (nSPS) is 9.62. The van der Waals surface area contributed by atoms with Gasteiger partial charge < -0.3 is 9.73 Å². The fraction of sp³-hybridized carbons (Fsp3) is 0.333. The summed E-state index contributed by atoms with van der Waals surface area (Å²) in [7, 11) is 0. The summed E-state index contributed by atoms with van der Waals surface area (Å²) in [5.41, 5.74) is 0.886. The van der Waals surface area contributed by atoms with Crippen LogP contribution in [0.1, 0.15) is 18.9 Å². The molecule has 0 spiro atoms. The smallest absolute Gasteiger partial charge is 0.227 e. The molecule has 0 aliphatic rings. The first-order chi connectivity index (χ1) is 6.18. The van der Waals surface area contributed by atoms with Crippen molar-refractivity contribution in [3.05, 3.63) is 24.2 Å². The van der Waals surface area contributed by atoms with Gasteiger partial charge in [0.15, 0.2) is 0 Å². The minimum Gasteiger partial charge on any atom is -0.472 e. The maximum absolute atomic E-state index is 11.0. The molecule has 1 N–H and O–H groups in total. The Kier molecular flexibility index (Phi) is 3.25. The van der Waals surface area contributed by atoms with Crippen LogP contribution < -0.4 is 5.32 Å². The molecule has 0 aliphatic heterocycles. The summed E-state index contributed by atoms with van der Waals surface area (Å²) in [5.74, 6) is -0.390. The summed E-state index contributed by atoms with van der Waals surface area (Å²) in [4.78, 5) is 21.5. The van der Waals surface area contributed by atoms with E-state index in [1.54, 1.807) is 12.3 Å². The van der Waals surface area contributed by atoms with Crippen molar-refractivity contribution in [2.45, 2.75) is 19.9 Å². The number of rotatable bonds is 4. The van der Waals surface area contributed by atoms with Crippen LogP contribution in [0.2, 0.25) is 0 Å². The molecule has 0 radical (unpaired) electrons. The standard InChI is InChI=1S/C9H11NO3/c1-7(11)4-9(12)10-5-8-2-3-13-6-8/h2-3,6H,4-5H2,1H3,(H,10,12). The van der Waals surface area contributed by atoms with Crippen LogP contribution in [-0.4, -0.2) is 11.7 Å². The predicted molar refractivity (Wildman–Crippen MR) is 45.9 cm³/mol. The second-order valence-electron chi connectivity index (χ2n) is 2.79. The van der Waals surface area contributed by atoms with Gasteiger partial charge in [0.1, 0.15) is 5.78 Å². The van der Waals surface area contributed by atoms with Gasteiger partial charge in [0, 0.05) is 12.1 Å². The van der Waals surface area contributed by atoms with E-state index in [-0.39, 0.29) is 18.1 Å². The summed E-state index contributed by atoms with van der Waals surface area (Å²) in [6.07, 6.45) is 3.03. The third-order valence-corrected chi connectivity index (χ3v) is 1.48. The minimum absolute atomic E-state index is 0.0577. The van der Waals surface area contributed by atoms with Crippen LogP contribution in [0.15, 0.2) is 23.0 Å². The van der Waals surface area contributed by atoms with E-state index in [1.807, 2.05) is 0 Å². The number of hydrogen-bond acceptors (Lipinski definition) is 3. The molecule has 4 nitrogen and oxygen atoms in total. The summed E-state index contributed by atoms with van der Waals surface area (Å²) in [6, 6.07) is 1.76. The molecule has 1 amide bonds. The van der Waals surface area contributed by atoms with Gasteiger partial charge >= 0.3 is 0 Å². The van der Waals surface area contributed by atoms with Crippen molar-refractivity contribution in [3.63, 3.8) is 0 Å². The lowest BCUT2D eigenvalue weighted by atomic mass is 10.3. The molecular weight excluding hydrogens is 170 g/mol. The number of amides is 1. The Morgan fingerprint density at radius 1 is 1.54 bits per heavy atom. The molecule has 4 heteroatoms. The Morgan fingerprint density at radius 2 is 2.31 bits per heavy atom. The fourth-order valence-corrected chi connectivity index (χ4v) is 0.882. The van der Waals surface area contributed by atoms with Gasteiger partial charge in [-0.2, -0.15) is 0 Å². The fourth-order valence-electron chi connectivity index (χ4n) is 0.882. The third kappa shape index (κ3) is 3.55. The molecule has 0 unspecified atom stereocenters. The first kappa shape index (κ1) is 9.51. The van der Waals surface area contributed by atoms with Crippen LogP contribution in [0.25, 0.3) is 0 Å². The molecule has 1 rings (SSSR count). The van der Waals surface area contributed by atoms with E-state index < -0.39 is 0 Å². The van der Waals surface area contributed by atoms with E-state index >= 15 is 0 Å². The first-order valence-corrected chi connectivity index (χ1v) is 3.95. The van der Waals surface area contributed by atoms with Crippen molar-refractivity contribution in [2.24, 2.45) is 0 Å². The molecule has 0 atom stereocenters. The molecule has 0 bridgehead atoms. The average Bonchev–Trinajstić information content (AvgIpc) is 2.51. The quantitative estimate of drug-likeness (QED) is 0.701. The van der Waals surface area contributed by atoms with Crippen LogP contribution in [0.3, 0.4) is 0 Å². The van der Waals surface area contributed by atoms with Gasteiger partial charge in [0.05, 0.1) is 18.9 Å². The molecule has 0 saturated carbocycles. The average molecular weight is 181 g/mol. The van der Waals surface area contributed by atoms with Crippen molar-refractivity contribution in [1.29, 1.82) is 0 Å². The topological polar surface area (TPSA) is 59.3 Å². The largest absolute Gasteiger partial charge is 0.472 e. The van der Waals surface area contributed by atoms with Crippen LogP contribution >= 0.6 is 0 Å². The van der Waals surface area contributed by atoms with Crippen molar-refractivity contribution in [2.75, 3.05) is 0 Å². The number of ketones is 1. The van der Waals surface area contributed by atoms with E-state index in [2.05, 4.69) is 5.32 Å². The highest BCUT2D eigenvalue weighted by molar-refractivity contribution is 5.96. The molecule has 0 fully saturated rings. The molecular formula is C9H11NO3. The molecule has 0 saturated heterocycles. The van der Waals surface area contributed by atoms with E-state index in [4.69, 9.17) is 4.42 Å². The van der Waals surface area contributed by atoms with Crippen molar-refractivity contribution in [1.82, 2.24) is 5.32 Å². The molecule has 0 aliphatic carbocycles. The lowest BCUT2D eigenvalue weighted by molar-refractivity contribution is -0.127. The maximum atomic E-state index is 11.0. The number of carbonyl (C=O) groups excluding carboxylic acids is 2. The van der Waals surface area contributed by atoms with Gasteiger partial charge in [0.2, 0.25) is 5.91 Å². The number of furan rings is 1. The van der Waals surface area contributed by atoms with Crippen molar-refractivity contribution < 1.29 is 14.0 Å². The second-order valence-corrected chi connectivity index (χ2v) is 2.79. The van der Waals surface area contributed by atoms with Crippen LogP contribution in [0, 0.1) is 0 Å². The Morgan fingerprint density at radius 3 is 2.85 bits per heavy atom. The lowest BCUT2D eigenvalue weighted by Crippen LogP contribution is -2.24. The zero-order valence-electron chi connectivity index (χ0n) is 7.37. The van der Waals surface area contributed by atoms with Crippen molar-refractivity contribution in [3.8, 4) is 0 Å². The first-order valence-electron chi connectivity index (χ1n) is 3.95. The molecule has 13 heavy (non-hydrogen) atoms. The highest BCUT2D eigenvalue weighted by Gasteiger charge is 2.04. The highest BCUT2D eigenvalue weighted by atomic mass is 16.3. The molecule has 1 aromatic heterocycles. The van der Waals surface area contributed by atoms with Gasteiger partial charge in [-0.3, -0.25) is 9.59 Å². The van der Waals surface area contributed by atoms with Gasteiger partial charge in [-0.1, -0.05) is 0 Å². The maximum Gasteiger partial charge on any atom is 0.227 e. The molecule has 0 aromatic carbocycles. The van der Waals surface area contributed by atoms with E-state index in [1.165, 1.54) is 13.2 Å². The Hall–Kier alpha value is -1.58. The van der Waals surface area contributed by atoms with Gasteiger partial charge in [0.25, 0.3) is 0 Å². The third-order valence-electron chi connectivity index (χ3n) is 1.48. The summed E-state index contributed by atoms with van der Waals surface area (Å²) >= 11 is 0. The van der Waals surface area contributed by atoms with Crippen LogP contribution in [0.5, 0.6) is 0 Å². The number of Topliss-reactive ketones (excluding diaryl/α,β-unsaturated/α-hetero) is 1. The predicted octanol–water partition coefficient (Wildman–Crippen LogP) is 0.875. The van der Waals surface area contributed by atoms with Gasteiger partial charge in [-0.15, -0.1) is 0 Å². The minimum atomic E-state index is -0.256. The van der Waals surface area contributed by atoms with E-state index in [9.17, 15) is 9.59 Å². The number of carbonyl (C=O) groups is 2. The molecule has 1 aromatic rings. The summed E-state index contributed by atoms with van der Waals surface area (Å²) in [5, 5.41) is 2.60. The monoisotopic (exact) mass is 181 g/mol.